The number of carbonyl (C=O) groups is 2. The van der Waals surface area contributed by atoms with Gasteiger partial charge in [-0.1, -0.05) is 17.7 Å². The minimum atomic E-state index is -0.866. The lowest BCUT2D eigenvalue weighted by Crippen LogP contribution is -2.41. The summed E-state index contributed by atoms with van der Waals surface area (Å²) in [5, 5.41) is 16.7. The molecule has 2 heterocycles. The molecule has 2 N–H and O–H groups in total. The Kier molecular flexibility index (Phi) is 6.62. The van der Waals surface area contributed by atoms with E-state index >= 15 is 0 Å². The molecule has 0 saturated carbocycles. The molecule has 7 nitrogen and oxygen atoms in total. The van der Waals surface area contributed by atoms with Crippen molar-refractivity contribution in [3.63, 3.8) is 0 Å². The highest BCUT2D eigenvalue weighted by Crippen LogP contribution is 2.23. The van der Waals surface area contributed by atoms with E-state index in [1.165, 1.54) is 5.56 Å². The highest BCUT2D eigenvalue weighted by molar-refractivity contribution is 5.93. The van der Waals surface area contributed by atoms with E-state index in [2.05, 4.69) is 10.4 Å². The van der Waals surface area contributed by atoms with Gasteiger partial charge in [0.1, 0.15) is 6.04 Å². The summed E-state index contributed by atoms with van der Waals surface area (Å²) in [5.74, 6) is -1.08. The van der Waals surface area contributed by atoms with Crippen molar-refractivity contribution in [2.75, 3.05) is 18.4 Å². The second kappa shape index (κ2) is 8.54. The summed E-state index contributed by atoms with van der Waals surface area (Å²) < 4.78 is 1.81. The number of benzene rings is 1. The molecule has 1 saturated heterocycles. The number of hydrogen-bond donors (Lipinski definition) is 2. The van der Waals surface area contributed by atoms with Crippen LogP contribution in [-0.4, -0.2) is 50.8 Å². The molecule has 1 aliphatic heterocycles. The predicted octanol–water partition coefficient (Wildman–Crippen LogP) is 2.71. The van der Waals surface area contributed by atoms with Gasteiger partial charge in [0.2, 0.25) is 5.91 Å². The molecular formula is C19H25ClN4O3. The van der Waals surface area contributed by atoms with Gasteiger partial charge < -0.3 is 10.4 Å². The van der Waals surface area contributed by atoms with E-state index in [1.54, 1.807) is 9.58 Å². The lowest BCUT2D eigenvalue weighted by molar-refractivity contribution is -0.142. The van der Waals surface area contributed by atoms with Gasteiger partial charge >= 0.3 is 5.97 Å². The summed E-state index contributed by atoms with van der Waals surface area (Å²) in [5.41, 5.74) is 4.36. The molecule has 146 valence electrons. The predicted molar refractivity (Wildman–Crippen MR) is 106 cm³/mol. The topological polar surface area (TPSA) is 87.5 Å². The Balaban J connectivity index is 0.00000261. The van der Waals surface area contributed by atoms with Crippen molar-refractivity contribution < 1.29 is 14.7 Å². The van der Waals surface area contributed by atoms with Gasteiger partial charge in [-0.15, -0.1) is 12.4 Å². The monoisotopic (exact) mass is 392 g/mol. The van der Waals surface area contributed by atoms with Crippen LogP contribution in [0.1, 0.15) is 29.8 Å². The van der Waals surface area contributed by atoms with Crippen LogP contribution in [0.2, 0.25) is 0 Å². The average Bonchev–Trinajstić information content (AvgIpc) is 3.15. The number of aliphatic carboxylic acids is 1. The summed E-state index contributed by atoms with van der Waals surface area (Å²) in [4.78, 5) is 25.4. The molecule has 1 aromatic heterocycles. The van der Waals surface area contributed by atoms with E-state index < -0.39 is 12.0 Å². The number of carboxylic acids is 1. The third-order valence-corrected chi connectivity index (χ3v) is 4.83. The highest BCUT2D eigenvalue weighted by atomic mass is 35.5. The van der Waals surface area contributed by atoms with Crippen LogP contribution in [-0.2, 0) is 9.59 Å². The van der Waals surface area contributed by atoms with Gasteiger partial charge in [-0.3, -0.25) is 14.5 Å². The van der Waals surface area contributed by atoms with Gasteiger partial charge in [-0.2, -0.15) is 5.10 Å². The van der Waals surface area contributed by atoms with E-state index in [4.69, 9.17) is 0 Å². The summed E-state index contributed by atoms with van der Waals surface area (Å²) >= 11 is 0. The molecule has 0 aliphatic carbocycles. The zero-order chi connectivity index (χ0) is 18.8. The van der Waals surface area contributed by atoms with Gasteiger partial charge in [0.25, 0.3) is 0 Å². The number of carbonyl (C=O) groups excluding carboxylic acids is 1. The van der Waals surface area contributed by atoms with Crippen molar-refractivity contribution in [1.29, 1.82) is 0 Å². The number of aromatic nitrogens is 2. The Morgan fingerprint density at radius 1 is 1.22 bits per heavy atom. The Morgan fingerprint density at radius 2 is 1.89 bits per heavy atom. The van der Waals surface area contributed by atoms with Crippen molar-refractivity contribution in [3.8, 4) is 5.69 Å². The highest BCUT2D eigenvalue weighted by Gasteiger charge is 2.31. The number of rotatable bonds is 5. The number of anilines is 1. The summed E-state index contributed by atoms with van der Waals surface area (Å²) in [6.45, 7) is 6.49. The second-order valence-corrected chi connectivity index (χ2v) is 6.81. The number of nitrogens with one attached hydrogen (secondary N) is 1. The summed E-state index contributed by atoms with van der Waals surface area (Å²) in [7, 11) is 0. The van der Waals surface area contributed by atoms with Crippen LogP contribution in [0.4, 0.5) is 5.69 Å². The minimum Gasteiger partial charge on any atom is -0.480 e. The molecule has 0 spiro atoms. The first-order valence-electron chi connectivity index (χ1n) is 8.77. The van der Waals surface area contributed by atoms with E-state index in [9.17, 15) is 14.7 Å². The maximum atomic E-state index is 12.4. The molecule has 2 aromatic rings. The molecule has 1 aliphatic rings. The quantitative estimate of drug-likeness (QED) is 0.816. The SMILES string of the molecule is Cc1ccc(-n2nc(C)c(NC(=O)CN3CCCC3C(=O)O)c2C)cc1.Cl. The molecule has 3 rings (SSSR count). The smallest absolute Gasteiger partial charge is 0.320 e. The lowest BCUT2D eigenvalue weighted by atomic mass is 10.2. The van der Waals surface area contributed by atoms with Crippen molar-refractivity contribution in [3.05, 3.63) is 41.2 Å². The van der Waals surface area contributed by atoms with Crippen LogP contribution in [0, 0.1) is 20.8 Å². The van der Waals surface area contributed by atoms with Crippen LogP contribution in [0.25, 0.3) is 5.69 Å². The number of amides is 1. The molecule has 1 atom stereocenters. The number of likely N-dealkylation sites (tertiary alicyclic amines) is 1. The molecule has 0 radical (unpaired) electrons. The third-order valence-electron chi connectivity index (χ3n) is 4.83. The summed E-state index contributed by atoms with van der Waals surface area (Å²) in [6.07, 6.45) is 1.39. The van der Waals surface area contributed by atoms with Gasteiger partial charge in [-0.25, -0.2) is 4.68 Å². The summed E-state index contributed by atoms with van der Waals surface area (Å²) in [6, 6.07) is 7.44. The van der Waals surface area contributed by atoms with Crippen molar-refractivity contribution in [2.45, 2.75) is 39.7 Å². The van der Waals surface area contributed by atoms with Crippen LogP contribution in [0.5, 0.6) is 0 Å². The number of nitrogens with zero attached hydrogens (tertiary/aromatic N) is 3. The van der Waals surface area contributed by atoms with E-state index in [1.807, 2.05) is 45.0 Å². The first-order chi connectivity index (χ1) is 12.4. The Morgan fingerprint density at radius 3 is 2.52 bits per heavy atom. The minimum absolute atomic E-state index is 0. The van der Waals surface area contributed by atoms with Gasteiger partial charge in [0.15, 0.2) is 0 Å². The van der Waals surface area contributed by atoms with Crippen LogP contribution >= 0.6 is 12.4 Å². The fourth-order valence-corrected chi connectivity index (χ4v) is 3.42. The molecule has 8 heteroatoms. The molecule has 1 aromatic carbocycles. The molecule has 1 amide bonds. The normalized spacial score (nSPS) is 16.8. The van der Waals surface area contributed by atoms with Crippen LogP contribution in [0.15, 0.2) is 24.3 Å². The van der Waals surface area contributed by atoms with Gasteiger partial charge in [-0.05, 0) is 52.3 Å². The van der Waals surface area contributed by atoms with Crippen molar-refractivity contribution in [2.24, 2.45) is 0 Å². The van der Waals surface area contributed by atoms with E-state index in [0.29, 0.717) is 18.7 Å². The fourth-order valence-electron chi connectivity index (χ4n) is 3.42. The Hall–Kier alpha value is -2.38. The molecule has 1 unspecified atom stereocenters. The first kappa shape index (κ1) is 20.9. The number of halogens is 1. The molecule has 27 heavy (non-hydrogen) atoms. The Labute approximate surface area is 164 Å². The Bertz CT molecular complexity index is 832. The zero-order valence-corrected chi connectivity index (χ0v) is 16.5. The first-order valence-corrected chi connectivity index (χ1v) is 8.77. The maximum Gasteiger partial charge on any atom is 0.320 e. The maximum absolute atomic E-state index is 12.4. The van der Waals surface area contributed by atoms with Crippen molar-refractivity contribution >= 4 is 30.0 Å². The molecular weight excluding hydrogens is 368 g/mol. The third kappa shape index (κ3) is 4.48. The van der Waals surface area contributed by atoms with Gasteiger partial charge in [0.05, 0.1) is 29.3 Å². The average molecular weight is 393 g/mol. The van der Waals surface area contributed by atoms with E-state index in [0.717, 1.165) is 23.5 Å². The number of hydrogen-bond acceptors (Lipinski definition) is 4. The fraction of sp³-hybridized carbons (Fsp3) is 0.421. The second-order valence-electron chi connectivity index (χ2n) is 6.81. The molecule has 0 bridgehead atoms. The molecule has 1 fully saturated rings. The van der Waals surface area contributed by atoms with Crippen LogP contribution < -0.4 is 5.32 Å². The lowest BCUT2D eigenvalue weighted by Gasteiger charge is -2.20. The standard InChI is InChI=1S/C19H24N4O3.ClH/c1-12-6-8-15(9-7-12)23-14(3)18(13(2)21-23)20-17(24)11-22-10-4-5-16(22)19(25)26;/h6-9,16H,4-5,10-11H2,1-3H3,(H,20,24)(H,25,26);1H. The van der Waals surface area contributed by atoms with E-state index in [-0.39, 0.29) is 24.9 Å². The largest absolute Gasteiger partial charge is 0.480 e. The van der Waals surface area contributed by atoms with Crippen LogP contribution in [0.3, 0.4) is 0 Å². The number of aryl methyl sites for hydroxylation is 2. The zero-order valence-electron chi connectivity index (χ0n) is 15.7. The van der Waals surface area contributed by atoms with Gasteiger partial charge in [0, 0.05) is 0 Å². The van der Waals surface area contributed by atoms with Crippen molar-refractivity contribution in [1.82, 2.24) is 14.7 Å². The number of carboxylic acid groups (broad SMARTS) is 1.